The van der Waals surface area contributed by atoms with Crippen molar-refractivity contribution in [1.29, 1.82) is 0 Å². The molecule has 0 radical (unpaired) electrons. The Labute approximate surface area is 168 Å². The van der Waals surface area contributed by atoms with E-state index < -0.39 is 17.9 Å². The highest BCUT2D eigenvalue weighted by Crippen LogP contribution is 2.32. The highest BCUT2D eigenvalue weighted by molar-refractivity contribution is 6.35. The van der Waals surface area contributed by atoms with Gasteiger partial charge in [0.2, 0.25) is 6.79 Å². The Morgan fingerprint density at radius 3 is 2.76 bits per heavy atom. The molecule has 2 aliphatic rings. The standard InChI is InChI=1S/C21H23N3O5/c1-24-7-6-14-9-15(3-4-16(14)24)17(25)11-23-21(27)20(26)22-10-13-2-5-18-19(8-13)29-12-28-18/h2-5,8-9,17,25H,6-7,10-12H2,1H3,(H,22,26)(H,23,27). The number of nitrogens with zero attached hydrogens (tertiary/aromatic N) is 1. The first-order valence-electron chi connectivity index (χ1n) is 9.48. The van der Waals surface area contributed by atoms with Crippen LogP contribution in [0.3, 0.4) is 0 Å². The molecular formula is C21H23N3O5. The molecule has 0 bridgehead atoms. The molecule has 0 spiro atoms. The van der Waals surface area contributed by atoms with Gasteiger partial charge in [-0.05, 0) is 41.3 Å². The molecule has 2 aliphatic heterocycles. The van der Waals surface area contributed by atoms with Crippen LogP contribution in [0.25, 0.3) is 0 Å². The minimum Gasteiger partial charge on any atom is -0.454 e. The average Bonchev–Trinajstić information content (AvgIpc) is 3.35. The zero-order valence-corrected chi connectivity index (χ0v) is 16.1. The molecule has 2 amide bonds. The van der Waals surface area contributed by atoms with E-state index in [1.54, 1.807) is 18.2 Å². The van der Waals surface area contributed by atoms with E-state index in [0.717, 1.165) is 29.8 Å². The van der Waals surface area contributed by atoms with E-state index >= 15 is 0 Å². The minimum absolute atomic E-state index is 0.0368. The summed E-state index contributed by atoms with van der Waals surface area (Å²) in [5, 5.41) is 15.4. The molecule has 0 aliphatic carbocycles. The van der Waals surface area contributed by atoms with E-state index in [9.17, 15) is 14.7 Å². The number of nitrogens with one attached hydrogen (secondary N) is 2. The molecule has 2 aromatic carbocycles. The van der Waals surface area contributed by atoms with Crippen molar-refractivity contribution in [2.24, 2.45) is 0 Å². The van der Waals surface area contributed by atoms with Crippen molar-refractivity contribution < 1.29 is 24.2 Å². The number of carbonyl (C=O) groups excluding carboxylic acids is 2. The Kier molecular flexibility index (Phi) is 5.26. The van der Waals surface area contributed by atoms with Crippen molar-refractivity contribution in [2.75, 3.05) is 31.8 Å². The molecule has 0 saturated heterocycles. The number of hydrogen-bond donors (Lipinski definition) is 3. The summed E-state index contributed by atoms with van der Waals surface area (Å²) in [5.74, 6) is -0.272. The maximum atomic E-state index is 12.0. The number of aliphatic hydroxyl groups excluding tert-OH is 1. The molecule has 8 heteroatoms. The lowest BCUT2D eigenvalue weighted by atomic mass is 10.0. The molecule has 1 unspecified atom stereocenters. The molecular weight excluding hydrogens is 374 g/mol. The number of fused-ring (bicyclic) bond motifs is 2. The van der Waals surface area contributed by atoms with Crippen LogP contribution in [-0.4, -0.2) is 43.9 Å². The summed E-state index contributed by atoms with van der Waals surface area (Å²) in [5.41, 5.74) is 3.85. The molecule has 152 valence electrons. The van der Waals surface area contributed by atoms with Crippen LogP contribution in [0.15, 0.2) is 36.4 Å². The van der Waals surface area contributed by atoms with Crippen molar-refractivity contribution in [1.82, 2.24) is 10.6 Å². The molecule has 0 saturated carbocycles. The Morgan fingerprint density at radius 1 is 1.10 bits per heavy atom. The molecule has 2 heterocycles. The number of aliphatic hydroxyl groups is 1. The van der Waals surface area contributed by atoms with E-state index in [-0.39, 0.29) is 19.9 Å². The number of ether oxygens (including phenoxy) is 2. The number of amides is 2. The summed E-state index contributed by atoms with van der Waals surface area (Å²) < 4.78 is 10.5. The van der Waals surface area contributed by atoms with Gasteiger partial charge in [0, 0.05) is 32.4 Å². The van der Waals surface area contributed by atoms with Gasteiger partial charge in [-0.2, -0.15) is 0 Å². The number of benzene rings is 2. The molecule has 0 aromatic heterocycles. The summed E-state index contributed by atoms with van der Waals surface area (Å²) >= 11 is 0. The first-order valence-corrected chi connectivity index (χ1v) is 9.48. The van der Waals surface area contributed by atoms with Gasteiger partial charge in [-0.3, -0.25) is 9.59 Å². The lowest BCUT2D eigenvalue weighted by Crippen LogP contribution is -2.41. The fourth-order valence-corrected chi connectivity index (χ4v) is 3.49. The fourth-order valence-electron chi connectivity index (χ4n) is 3.49. The second kappa shape index (κ2) is 8.00. The molecule has 4 rings (SSSR count). The number of carbonyl (C=O) groups is 2. The SMILES string of the molecule is CN1CCc2cc(C(O)CNC(=O)C(=O)NCc3ccc4c(c3)OCO4)ccc21. The van der Waals surface area contributed by atoms with Crippen LogP contribution in [-0.2, 0) is 22.6 Å². The maximum Gasteiger partial charge on any atom is 0.309 e. The van der Waals surface area contributed by atoms with Gasteiger partial charge < -0.3 is 30.1 Å². The van der Waals surface area contributed by atoms with E-state index in [1.807, 2.05) is 25.2 Å². The van der Waals surface area contributed by atoms with E-state index in [0.29, 0.717) is 11.5 Å². The quantitative estimate of drug-likeness (QED) is 0.648. The summed E-state index contributed by atoms with van der Waals surface area (Å²) in [4.78, 5) is 26.2. The second-order valence-electron chi connectivity index (χ2n) is 7.16. The topological polar surface area (TPSA) is 100 Å². The molecule has 3 N–H and O–H groups in total. The third kappa shape index (κ3) is 4.12. The monoisotopic (exact) mass is 397 g/mol. The maximum absolute atomic E-state index is 12.0. The number of likely N-dealkylation sites (N-methyl/N-ethyl adjacent to an activating group) is 1. The van der Waals surface area contributed by atoms with Crippen LogP contribution >= 0.6 is 0 Å². The average molecular weight is 397 g/mol. The zero-order chi connectivity index (χ0) is 20.4. The van der Waals surface area contributed by atoms with Crippen molar-refractivity contribution in [3.8, 4) is 11.5 Å². The Bertz CT molecular complexity index is 946. The zero-order valence-electron chi connectivity index (χ0n) is 16.1. The van der Waals surface area contributed by atoms with Gasteiger partial charge in [-0.25, -0.2) is 0 Å². The lowest BCUT2D eigenvalue weighted by Gasteiger charge is -2.15. The Morgan fingerprint density at radius 2 is 1.90 bits per heavy atom. The van der Waals surface area contributed by atoms with Crippen molar-refractivity contribution in [3.63, 3.8) is 0 Å². The molecule has 0 fully saturated rings. The van der Waals surface area contributed by atoms with E-state index in [4.69, 9.17) is 9.47 Å². The van der Waals surface area contributed by atoms with Gasteiger partial charge in [-0.1, -0.05) is 18.2 Å². The van der Waals surface area contributed by atoms with Gasteiger partial charge in [0.15, 0.2) is 11.5 Å². The number of hydrogen-bond acceptors (Lipinski definition) is 6. The normalized spacial score (nSPS) is 15.0. The van der Waals surface area contributed by atoms with Crippen LogP contribution < -0.4 is 25.0 Å². The number of rotatable bonds is 5. The van der Waals surface area contributed by atoms with Gasteiger partial charge >= 0.3 is 11.8 Å². The second-order valence-corrected chi connectivity index (χ2v) is 7.16. The van der Waals surface area contributed by atoms with Crippen LogP contribution in [0.2, 0.25) is 0 Å². The van der Waals surface area contributed by atoms with Crippen LogP contribution in [0.5, 0.6) is 11.5 Å². The predicted octanol–water partition coefficient (Wildman–Crippen LogP) is 0.874. The van der Waals surface area contributed by atoms with Crippen LogP contribution in [0, 0.1) is 0 Å². The minimum atomic E-state index is -0.878. The fraction of sp³-hybridized carbons (Fsp3) is 0.333. The van der Waals surface area contributed by atoms with Crippen molar-refractivity contribution in [3.05, 3.63) is 53.1 Å². The highest BCUT2D eigenvalue weighted by Gasteiger charge is 2.20. The molecule has 8 nitrogen and oxygen atoms in total. The predicted molar refractivity (Wildman–Crippen MR) is 106 cm³/mol. The smallest absolute Gasteiger partial charge is 0.309 e. The third-order valence-electron chi connectivity index (χ3n) is 5.17. The van der Waals surface area contributed by atoms with Crippen molar-refractivity contribution in [2.45, 2.75) is 19.1 Å². The summed E-state index contributed by atoms with van der Waals surface area (Å²) in [7, 11) is 2.03. The summed E-state index contributed by atoms with van der Waals surface area (Å²) in [6.07, 6.45) is 0.0536. The summed E-state index contributed by atoms with van der Waals surface area (Å²) in [6.45, 7) is 1.28. The van der Waals surface area contributed by atoms with E-state index in [2.05, 4.69) is 15.5 Å². The molecule has 2 aromatic rings. The number of anilines is 1. The summed E-state index contributed by atoms with van der Waals surface area (Å²) in [6, 6.07) is 11.1. The first-order chi connectivity index (χ1) is 14.0. The van der Waals surface area contributed by atoms with Crippen molar-refractivity contribution >= 4 is 17.5 Å². The van der Waals surface area contributed by atoms with Gasteiger partial charge in [0.05, 0.1) is 6.10 Å². The Hall–Kier alpha value is -3.26. The third-order valence-corrected chi connectivity index (χ3v) is 5.17. The van der Waals surface area contributed by atoms with Gasteiger partial charge in [-0.15, -0.1) is 0 Å². The van der Waals surface area contributed by atoms with E-state index in [1.165, 1.54) is 5.56 Å². The first kappa shape index (κ1) is 19.1. The largest absolute Gasteiger partial charge is 0.454 e. The van der Waals surface area contributed by atoms with Crippen LogP contribution in [0.4, 0.5) is 5.69 Å². The molecule has 1 atom stereocenters. The van der Waals surface area contributed by atoms with Crippen LogP contribution in [0.1, 0.15) is 22.8 Å². The van der Waals surface area contributed by atoms with Gasteiger partial charge in [0.1, 0.15) is 0 Å². The highest BCUT2D eigenvalue weighted by atomic mass is 16.7. The molecule has 29 heavy (non-hydrogen) atoms. The van der Waals surface area contributed by atoms with Gasteiger partial charge in [0.25, 0.3) is 0 Å². The Balaban J connectivity index is 1.26. The lowest BCUT2D eigenvalue weighted by molar-refractivity contribution is -0.139.